The first-order valence-corrected chi connectivity index (χ1v) is 8.67. The SMILES string of the molecule is CC[C@@]1(C(=O)O)C[C@H](C(=O)NC(C)C)[C@H](c2ccc(OC)cc2)N1C. The zero-order chi connectivity index (χ0) is 18.8. The van der Waals surface area contributed by atoms with Crippen molar-refractivity contribution in [1.29, 1.82) is 0 Å². The topological polar surface area (TPSA) is 78.9 Å². The molecule has 0 bridgehead atoms. The highest BCUT2D eigenvalue weighted by Gasteiger charge is 2.56. The number of carbonyl (C=O) groups is 2. The molecule has 1 heterocycles. The van der Waals surface area contributed by atoms with E-state index in [2.05, 4.69) is 5.32 Å². The van der Waals surface area contributed by atoms with Gasteiger partial charge in [-0.15, -0.1) is 0 Å². The molecule has 138 valence electrons. The fourth-order valence-electron chi connectivity index (χ4n) is 3.82. The first kappa shape index (κ1) is 19.2. The number of rotatable bonds is 6. The highest BCUT2D eigenvalue weighted by Crippen LogP contribution is 2.47. The minimum absolute atomic E-state index is 0.00998. The molecule has 6 nitrogen and oxygen atoms in total. The molecule has 3 atom stereocenters. The lowest BCUT2D eigenvalue weighted by Crippen LogP contribution is -2.48. The third-order valence-electron chi connectivity index (χ3n) is 5.24. The van der Waals surface area contributed by atoms with Crippen LogP contribution >= 0.6 is 0 Å². The van der Waals surface area contributed by atoms with Crippen LogP contribution < -0.4 is 10.1 Å². The van der Waals surface area contributed by atoms with Crippen molar-refractivity contribution in [2.24, 2.45) is 5.92 Å². The molecule has 1 aromatic rings. The number of nitrogens with one attached hydrogen (secondary N) is 1. The van der Waals surface area contributed by atoms with Gasteiger partial charge in [-0.25, -0.2) is 0 Å². The average molecular weight is 348 g/mol. The maximum absolute atomic E-state index is 12.8. The van der Waals surface area contributed by atoms with Crippen molar-refractivity contribution in [2.45, 2.75) is 51.2 Å². The molecule has 2 N–H and O–H groups in total. The van der Waals surface area contributed by atoms with Gasteiger partial charge in [0.25, 0.3) is 0 Å². The Bertz CT molecular complexity index is 629. The van der Waals surface area contributed by atoms with Crippen molar-refractivity contribution in [3.8, 4) is 5.75 Å². The predicted octanol–water partition coefficient (Wildman–Crippen LogP) is 2.45. The van der Waals surface area contributed by atoms with Crippen molar-refractivity contribution in [3.63, 3.8) is 0 Å². The largest absolute Gasteiger partial charge is 0.497 e. The first-order valence-electron chi connectivity index (χ1n) is 8.67. The smallest absolute Gasteiger partial charge is 0.324 e. The number of likely N-dealkylation sites (tertiary alicyclic amines) is 1. The van der Waals surface area contributed by atoms with Crippen molar-refractivity contribution in [3.05, 3.63) is 29.8 Å². The summed E-state index contributed by atoms with van der Waals surface area (Å²) in [7, 11) is 3.40. The fourth-order valence-corrected chi connectivity index (χ4v) is 3.82. The molecular formula is C19H28N2O4. The van der Waals surface area contributed by atoms with Crippen LogP contribution in [-0.2, 0) is 9.59 Å². The number of amides is 1. The zero-order valence-electron chi connectivity index (χ0n) is 15.6. The third-order valence-corrected chi connectivity index (χ3v) is 5.24. The predicted molar refractivity (Wildman–Crippen MR) is 95.5 cm³/mol. The van der Waals surface area contributed by atoms with Gasteiger partial charge in [-0.1, -0.05) is 19.1 Å². The van der Waals surface area contributed by atoms with Gasteiger partial charge >= 0.3 is 5.97 Å². The van der Waals surface area contributed by atoms with Gasteiger partial charge in [0, 0.05) is 12.1 Å². The van der Waals surface area contributed by atoms with Gasteiger partial charge in [-0.05, 0) is 51.4 Å². The maximum Gasteiger partial charge on any atom is 0.324 e. The number of carboxylic acids is 1. The molecule has 1 aliphatic heterocycles. The number of ether oxygens (including phenoxy) is 1. The highest BCUT2D eigenvalue weighted by atomic mass is 16.5. The molecule has 6 heteroatoms. The lowest BCUT2D eigenvalue weighted by Gasteiger charge is -2.34. The number of carbonyl (C=O) groups excluding carboxylic acids is 1. The molecule has 0 spiro atoms. The molecule has 1 fully saturated rings. The molecule has 0 aliphatic carbocycles. The minimum Gasteiger partial charge on any atom is -0.497 e. The summed E-state index contributed by atoms with van der Waals surface area (Å²) in [5, 5.41) is 12.8. The summed E-state index contributed by atoms with van der Waals surface area (Å²) >= 11 is 0. The number of benzene rings is 1. The molecule has 2 rings (SSSR count). The summed E-state index contributed by atoms with van der Waals surface area (Å²) in [5.41, 5.74) is -0.118. The van der Waals surface area contributed by atoms with Crippen LogP contribution in [0.25, 0.3) is 0 Å². The van der Waals surface area contributed by atoms with Gasteiger partial charge in [0.15, 0.2) is 0 Å². The standard InChI is InChI=1S/C19H28N2O4/c1-6-19(18(23)24)11-15(17(22)20-12(2)3)16(21(19)4)13-7-9-14(25-5)10-8-13/h7-10,12,15-16H,6,11H2,1-5H3,(H,20,22)(H,23,24)/t15-,16-,19-/m0/s1. The van der Waals surface area contributed by atoms with E-state index >= 15 is 0 Å². The third kappa shape index (κ3) is 3.49. The summed E-state index contributed by atoms with van der Waals surface area (Å²) in [4.78, 5) is 26.7. The van der Waals surface area contributed by atoms with Gasteiger partial charge in [0.2, 0.25) is 5.91 Å². The van der Waals surface area contributed by atoms with Crippen LogP contribution in [-0.4, -0.2) is 47.6 Å². The van der Waals surface area contributed by atoms with E-state index < -0.39 is 17.4 Å². The molecule has 0 radical (unpaired) electrons. The van der Waals surface area contributed by atoms with Crippen molar-refractivity contribution < 1.29 is 19.4 Å². The number of nitrogens with zero attached hydrogens (tertiary/aromatic N) is 1. The first-order chi connectivity index (χ1) is 11.8. The van der Waals surface area contributed by atoms with Crippen LogP contribution in [0.3, 0.4) is 0 Å². The maximum atomic E-state index is 12.8. The second kappa shape index (κ2) is 7.44. The van der Waals surface area contributed by atoms with Gasteiger partial charge in [0.05, 0.1) is 13.0 Å². The van der Waals surface area contributed by atoms with E-state index in [4.69, 9.17) is 4.74 Å². The van der Waals surface area contributed by atoms with E-state index in [1.54, 1.807) is 14.2 Å². The van der Waals surface area contributed by atoms with Crippen LogP contribution in [0.5, 0.6) is 5.75 Å². The summed E-state index contributed by atoms with van der Waals surface area (Å²) < 4.78 is 5.20. The van der Waals surface area contributed by atoms with E-state index in [1.807, 2.05) is 49.9 Å². The van der Waals surface area contributed by atoms with Crippen molar-refractivity contribution in [1.82, 2.24) is 10.2 Å². The van der Waals surface area contributed by atoms with Gasteiger partial charge < -0.3 is 15.2 Å². The molecule has 0 aromatic heterocycles. The number of likely N-dealkylation sites (N-methyl/N-ethyl adjacent to an activating group) is 1. The van der Waals surface area contributed by atoms with Crippen molar-refractivity contribution in [2.75, 3.05) is 14.2 Å². The van der Waals surface area contributed by atoms with E-state index in [-0.39, 0.29) is 18.0 Å². The summed E-state index contributed by atoms with van der Waals surface area (Å²) in [5.74, 6) is -0.667. The quantitative estimate of drug-likeness (QED) is 0.825. The van der Waals surface area contributed by atoms with Crippen molar-refractivity contribution >= 4 is 11.9 Å². The number of carboxylic acid groups (broad SMARTS) is 1. The molecule has 1 saturated heterocycles. The number of aliphatic carboxylic acids is 1. The van der Waals surface area contributed by atoms with E-state index in [0.29, 0.717) is 12.8 Å². The fraction of sp³-hybridized carbons (Fsp3) is 0.579. The Balaban J connectivity index is 2.45. The van der Waals surface area contributed by atoms with Gasteiger partial charge in [-0.3, -0.25) is 14.5 Å². The molecular weight excluding hydrogens is 320 g/mol. The number of methoxy groups -OCH3 is 1. The number of hydrogen-bond acceptors (Lipinski definition) is 4. The minimum atomic E-state index is -1.04. The number of hydrogen-bond donors (Lipinski definition) is 2. The highest BCUT2D eigenvalue weighted by molar-refractivity contribution is 5.85. The Kier molecular flexibility index (Phi) is 5.72. The van der Waals surface area contributed by atoms with E-state index in [0.717, 1.165) is 11.3 Å². The molecule has 1 aliphatic rings. The average Bonchev–Trinajstić information content (AvgIpc) is 2.88. The van der Waals surface area contributed by atoms with Crippen LogP contribution in [0.1, 0.15) is 45.2 Å². The Morgan fingerprint density at radius 3 is 2.40 bits per heavy atom. The lowest BCUT2D eigenvalue weighted by atomic mass is 9.87. The monoisotopic (exact) mass is 348 g/mol. The van der Waals surface area contributed by atoms with Gasteiger partial charge in [-0.2, -0.15) is 0 Å². The molecule has 0 unspecified atom stereocenters. The Morgan fingerprint density at radius 1 is 1.36 bits per heavy atom. The second-order valence-corrected chi connectivity index (χ2v) is 6.99. The van der Waals surface area contributed by atoms with Crippen LogP contribution in [0.4, 0.5) is 0 Å². The van der Waals surface area contributed by atoms with Crippen LogP contribution in [0, 0.1) is 5.92 Å². The Labute approximate surface area is 149 Å². The Hall–Kier alpha value is -2.08. The van der Waals surface area contributed by atoms with Crippen LogP contribution in [0.15, 0.2) is 24.3 Å². The Morgan fingerprint density at radius 2 is 1.96 bits per heavy atom. The molecule has 25 heavy (non-hydrogen) atoms. The summed E-state index contributed by atoms with van der Waals surface area (Å²) in [6.45, 7) is 5.67. The lowest BCUT2D eigenvalue weighted by molar-refractivity contribution is -0.150. The molecule has 1 amide bonds. The summed E-state index contributed by atoms with van der Waals surface area (Å²) in [6.07, 6.45) is 0.738. The van der Waals surface area contributed by atoms with Gasteiger partial charge in [0.1, 0.15) is 11.3 Å². The van der Waals surface area contributed by atoms with E-state index in [9.17, 15) is 14.7 Å². The molecule has 0 saturated carbocycles. The second-order valence-electron chi connectivity index (χ2n) is 6.99. The zero-order valence-corrected chi connectivity index (χ0v) is 15.6. The summed E-state index contributed by atoms with van der Waals surface area (Å²) in [6, 6.07) is 7.21. The van der Waals surface area contributed by atoms with Crippen LogP contribution in [0.2, 0.25) is 0 Å². The normalized spacial score (nSPS) is 26.6. The molecule has 1 aromatic carbocycles. The van der Waals surface area contributed by atoms with E-state index in [1.165, 1.54) is 0 Å².